The summed E-state index contributed by atoms with van der Waals surface area (Å²) in [7, 11) is 1.72. The molecule has 0 fully saturated rings. The highest BCUT2D eigenvalue weighted by molar-refractivity contribution is 6.31. The third-order valence-electron chi connectivity index (χ3n) is 4.91. The van der Waals surface area contributed by atoms with Gasteiger partial charge in [-0.1, -0.05) is 41.9 Å². The number of hydrogen-bond donors (Lipinski definition) is 0. The van der Waals surface area contributed by atoms with Crippen LogP contribution in [0.2, 0.25) is 5.02 Å². The predicted octanol–water partition coefficient (Wildman–Crippen LogP) is 4.56. The van der Waals surface area contributed by atoms with Gasteiger partial charge < -0.3 is 4.57 Å². The van der Waals surface area contributed by atoms with Gasteiger partial charge in [0.15, 0.2) is 5.78 Å². The average Bonchev–Trinajstić information content (AvgIpc) is 2.71. The molecule has 2 aromatic carbocycles. The van der Waals surface area contributed by atoms with Crippen LogP contribution in [0.15, 0.2) is 65.7 Å². The van der Waals surface area contributed by atoms with Crippen molar-refractivity contribution in [2.75, 3.05) is 0 Å². The van der Waals surface area contributed by atoms with E-state index in [1.165, 1.54) is 0 Å². The van der Waals surface area contributed by atoms with E-state index in [0.29, 0.717) is 28.8 Å². The second-order valence-corrected chi connectivity index (χ2v) is 6.94. The lowest BCUT2D eigenvalue weighted by Gasteiger charge is -2.10. The van der Waals surface area contributed by atoms with Crippen LogP contribution in [0.3, 0.4) is 0 Å². The van der Waals surface area contributed by atoms with Gasteiger partial charge in [-0.05, 0) is 35.6 Å². The first-order chi connectivity index (χ1) is 13.1. The van der Waals surface area contributed by atoms with Crippen molar-refractivity contribution in [1.29, 1.82) is 0 Å². The number of benzene rings is 2. The average molecular weight is 377 g/mol. The quantitative estimate of drug-likeness (QED) is 0.387. The molecule has 0 aliphatic carbocycles. The molecule has 27 heavy (non-hydrogen) atoms. The van der Waals surface area contributed by atoms with Crippen LogP contribution < -0.4 is 5.56 Å². The van der Waals surface area contributed by atoms with Crippen LogP contribution in [0.4, 0.5) is 0 Å². The fourth-order valence-corrected chi connectivity index (χ4v) is 3.62. The van der Waals surface area contributed by atoms with Crippen molar-refractivity contribution in [3.8, 4) is 0 Å². The lowest BCUT2D eigenvalue weighted by molar-refractivity contribution is 0.0983. The van der Waals surface area contributed by atoms with E-state index in [2.05, 4.69) is 4.98 Å². The van der Waals surface area contributed by atoms with E-state index in [1.807, 2.05) is 36.4 Å². The molecule has 134 valence electrons. The number of aromatic nitrogens is 2. The molecular formula is C22H17ClN2O2. The molecule has 5 heteroatoms. The number of aryl methyl sites for hydroxylation is 2. The standard InChI is InChI=1S/C22H17ClN2O2/c1-25-20-13-24-11-10-17(20)16-8-6-15(12-18(16)22(25)27)21(26)9-7-14-4-2-3-5-19(14)23/h2-6,8,10-13H,7,9H2,1H3. The molecule has 4 rings (SSSR count). The monoisotopic (exact) mass is 376 g/mol. The molecule has 0 spiro atoms. The summed E-state index contributed by atoms with van der Waals surface area (Å²) in [6, 6.07) is 14.7. The molecule has 4 nitrogen and oxygen atoms in total. The molecule has 0 aliphatic rings. The van der Waals surface area contributed by atoms with Crippen LogP contribution in [0.5, 0.6) is 0 Å². The third-order valence-corrected chi connectivity index (χ3v) is 5.28. The molecule has 4 aromatic rings. The van der Waals surface area contributed by atoms with Gasteiger partial charge in [0.1, 0.15) is 0 Å². The first kappa shape index (κ1) is 17.4. The van der Waals surface area contributed by atoms with E-state index >= 15 is 0 Å². The Bertz CT molecular complexity index is 1240. The summed E-state index contributed by atoms with van der Waals surface area (Å²) >= 11 is 6.17. The van der Waals surface area contributed by atoms with Crippen molar-refractivity contribution in [3.63, 3.8) is 0 Å². The van der Waals surface area contributed by atoms with Gasteiger partial charge in [-0.3, -0.25) is 14.6 Å². The van der Waals surface area contributed by atoms with Gasteiger partial charge in [-0.2, -0.15) is 0 Å². The molecule has 0 N–H and O–H groups in total. The van der Waals surface area contributed by atoms with Crippen molar-refractivity contribution >= 4 is 39.1 Å². The number of nitrogens with zero attached hydrogens (tertiary/aromatic N) is 2. The number of ketones is 1. The summed E-state index contributed by atoms with van der Waals surface area (Å²) < 4.78 is 1.57. The first-order valence-corrected chi connectivity index (χ1v) is 9.07. The van der Waals surface area contributed by atoms with Gasteiger partial charge in [-0.15, -0.1) is 0 Å². The minimum absolute atomic E-state index is 0.00584. The molecule has 0 radical (unpaired) electrons. The lowest BCUT2D eigenvalue weighted by Crippen LogP contribution is -2.18. The van der Waals surface area contributed by atoms with Crippen molar-refractivity contribution in [3.05, 3.63) is 87.4 Å². The van der Waals surface area contributed by atoms with Crippen LogP contribution in [-0.4, -0.2) is 15.3 Å². The zero-order valence-corrected chi connectivity index (χ0v) is 15.5. The first-order valence-electron chi connectivity index (χ1n) is 8.69. The molecule has 0 amide bonds. The van der Waals surface area contributed by atoms with Crippen LogP contribution in [0, 0.1) is 0 Å². The maximum absolute atomic E-state index is 12.7. The third kappa shape index (κ3) is 3.13. The van der Waals surface area contributed by atoms with Crippen molar-refractivity contribution in [2.24, 2.45) is 7.05 Å². The topological polar surface area (TPSA) is 52.0 Å². The number of rotatable bonds is 4. The number of pyridine rings is 2. The minimum Gasteiger partial charge on any atom is -0.309 e. The highest BCUT2D eigenvalue weighted by Gasteiger charge is 2.13. The highest BCUT2D eigenvalue weighted by Crippen LogP contribution is 2.24. The van der Waals surface area contributed by atoms with Gasteiger partial charge in [0.25, 0.3) is 5.56 Å². The Hall–Kier alpha value is -2.98. The summed E-state index contributed by atoms with van der Waals surface area (Å²) in [4.78, 5) is 29.5. The SMILES string of the molecule is Cn1c(=O)c2cc(C(=O)CCc3ccccc3Cl)ccc2c2ccncc21. The van der Waals surface area contributed by atoms with Crippen LogP contribution in [0.1, 0.15) is 22.3 Å². The fourth-order valence-electron chi connectivity index (χ4n) is 3.39. The second-order valence-electron chi connectivity index (χ2n) is 6.53. The smallest absolute Gasteiger partial charge is 0.258 e. The maximum atomic E-state index is 12.7. The molecule has 2 heterocycles. The number of Topliss-reactive ketones (excluding diaryl/α,β-unsaturated/α-hetero) is 1. The molecule has 0 aliphatic heterocycles. The minimum atomic E-state index is -0.133. The zero-order chi connectivity index (χ0) is 19.0. The molecule has 0 unspecified atom stereocenters. The Morgan fingerprint density at radius 2 is 1.89 bits per heavy atom. The predicted molar refractivity (Wildman–Crippen MR) is 109 cm³/mol. The highest BCUT2D eigenvalue weighted by atomic mass is 35.5. The maximum Gasteiger partial charge on any atom is 0.258 e. The van der Waals surface area contributed by atoms with Crippen molar-refractivity contribution in [2.45, 2.75) is 12.8 Å². The van der Waals surface area contributed by atoms with Gasteiger partial charge in [0.05, 0.1) is 11.7 Å². The van der Waals surface area contributed by atoms with Gasteiger partial charge in [-0.25, -0.2) is 0 Å². The van der Waals surface area contributed by atoms with Crippen LogP contribution in [-0.2, 0) is 13.5 Å². The number of carbonyl (C=O) groups excluding carboxylic acids is 1. The lowest BCUT2D eigenvalue weighted by atomic mass is 9.99. The van der Waals surface area contributed by atoms with E-state index in [4.69, 9.17) is 11.6 Å². The summed E-state index contributed by atoms with van der Waals surface area (Å²) in [5, 5.41) is 2.98. The van der Waals surface area contributed by atoms with Crippen LogP contribution in [0.25, 0.3) is 21.7 Å². The van der Waals surface area contributed by atoms with Gasteiger partial charge >= 0.3 is 0 Å². The molecule has 0 saturated heterocycles. The Morgan fingerprint density at radius 3 is 2.70 bits per heavy atom. The number of halogens is 1. The molecule has 0 atom stereocenters. The normalized spacial score (nSPS) is 11.2. The van der Waals surface area contributed by atoms with Gasteiger partial charge in [0, 0.05) is 41.0 Å². The largest absolute Gasteiger partial charge is 0.309 e. The fraction of sp³-hybridized carbons (Fsp3) is 0.136. The number of carbonyl (C=O) groups is 1. The molecule has 2 aromatic heterocycles. The van der Waals surface area contributed by atoms with E-state index < -0.39 is 0 Å². The van der Waals surface area contributed by atoms with Gasteiger partial charge in [0.2, 0.25) is 0 Å². The summed E-state index contributed by atoms with van der Waals surface area (Å²) in [6.45, 7) is 0. The van der Waals surface area contributed by atoms with Crippen LogP contribution >= 0.6 is 11.6 Å². The van der Waals surface area contributed by atoms with E-state index in [0.717, 1.165) is 21.9 Å². The Kier molecular flexibility index (Phi) is 4.50. The van der Waals surface area contributed by atoms with Crippen molar-refractivity contribution in [1.82, 2.24) is 9.55 Å². The molecule has 0 saturated carbocycles. The Balaban J connectivity index is 1.72. The Labute approximate surface area is 161 Å². The van der Waals surface area contributed by atoms with Crippen molar-refractivity contribution < 1.29 is 4.79 Å². The van der Waals surface area contributed by atoms with E-state index in [1.54, 1.807) is 36.1 Å². The molecule has 0 bridgehead atoms. The zero-order valence-electron chi connectivity index (χ0n) is 14.8. The van der Waals surface area contributed by atoms with E-state index in [-0.39, 0.29) is 11.3 Å². The number of fused-ring (bicyclic) bond motifs is 3. The van der Waals surface area contributed by atoms with E-state index in [9.17, 15) is 9.59 Å². The summed E-state index contributed by atoms with van der Waals surface area (Å²) in [5.41, 5.74) is 2.13. The summed E-state index contributed by atoms with van der Waals surface area (Å²) in [6.07, 6.45) is 4.29. The molecular weight excluding hydrogens is 360 g/mol. The second kappa shape index (κ2) is 6.97. The summed E-state index contributed by atoms with van der Waals surface area (Å²) in [5.74, 6) is -0.00584. The number of hydrogen-bond acceptors (Lipinski definition) is 3. The Morgan fingerprint density at radius 1 is 1.07 bits per heavy atom.